The molecule has 0 unspecified atom stereocenters. The van der Waals surface area contributed by atoms with Crippen molar-refractivity contribution in [3.8, 4) is 10.6 Å². The van der Waals surface area contributed by atoms with Crippen LogP contribution in [0.3, 0.4) is 0 Å². The summed E-state index contributed by atoms with van der Waals surface area (Å²) >= 11 is 1.22. The lowest BCUT2D eigenvalue weighted by atomic mass is 10.2. The third-order valence-electron chi connectivity index (χ3n) is 4.42. The molecule has 0 bridgehead atoms. The molecule has 2 aromatic carbocycles. The van der Waals surface area contributed by atoms with Crippen molar-refractivity contribution in [2.24, 2.45) is 0 Å². The first-order chi connectivity index (χ1) is 13.9. The van der Waals surface area contributed by atoms with Gasteiger partial charge in [-0.15, -0.1) is 10.2 Å². The van der Waals surface area contributed by atoms with Crippen LogP contribution in [0.25, 0.3) is 10.6 Å². The fraction of sp³-hybridized carbons (Fsp3) is 0.158. The van der Waals surface area contributed by atoms with Crippen molar-refractivity contribution < 1.29 is 18.0 Å². The summed E-state index contributed by atoms with van der Waals surface area (Å²) in [4.78, 5) is 24.6. The Morgan fingerprint density at radius 1 is 1.10 bits per heavy atom. The molecule has 1 N–H and O–H groups in total. The highest BCUT2D eigenvalue weighted by Crippen LogP contribution is 2.30. The van der Waals surface area contributed by atoms with Crippen LogP contribution >= 0.6 is 11.3 Å². The first-order valence-corrected chi connectivity index (χ1v) is 11.0. The number of fused-ring (bicyclic) bond motifs is 1. The number of carbonyl (C=O) groups is 2. The Balaban J connectivity index is 1.40. The number of amides is 2. The van der Waals surface area contributed by atoms with Crippen molar-refractivity contribution in [3.05, 3.63) is 59.7 Å². The average Bonchev–Trinajstić information content (AvgIpc) is 3.23. The molecule has 0 atom stereocenters. The Labute approximate surface area is 171 Å². The molecular weight excluding hydrogens is 412 g/mol. The first-order valence-electron chi connectivity index (χ1n) is 8.73. The monoisotopic (exact) mass is 428 g/mol. The predicted octanol–water partition coefficient (Wildman–Crippen LogP) is 2.69. The van der Waals surface area contributed by atoms with E-state index in [4.69, 9.17) is 0 Å². The molecule has 0 fully saturated rings. The number of anilines is 1. The van der Waals surface area contributed by atoms with Crippen molar-refractivity contribution in [2.45, 2.75) is 18.2 Å². The molecule has 8 nitrogen and oxygen atoms in total. The quantitative estimate of drug-likeness (QED) is 0.669. The second-order valence-corrected chi connectivity index (χ2v) is 9.26. The number of hydrogen-bond acceptors (Lipinski definition) is 7. The molecule has 10 heteroatoms. The zero-order valence-electron chi connectivity index (χ0n) is 15.3. The molecule has 4 rings (SSSR count). The van der Waals surface area contributed by atoms with Crippen LogP contribution in [0.5, 0.6) is 0 Å². The SMILES string of the molecule is Cc1ccc(-c2nnc(NC(=O)CCN3C(=O)c4ccccc4S3(=O)=O)s2)cc1. The van der Waals surface area contributed by atoms with Crippen molar-refractivity contribution in [3.63, 3.8) is 0 Å². The van der Waals surface area contributed by atoms with E-state index in [1.165, 1.54) is 23.5 Å². The van der Waals surface area contributed by atoms with Gasteiger partial charge in [0.15, 0.2) is 0 Å². The van der Waals surface area contributed by atoms with E-state index in [0.717, 1.165) is 15.4 Å². The van der Waals surface area contributed by atoms with E-state index < -0.39 is 21.8 Å². The van der Waals surface area contributed by atoms with Gasteiger partial charge in [0.1, 0.15) is 9.90 Å². The molecule has 2 amide bonds. The van der Waals surface area contributed by atoms with E-state index in [1.54, 1.807) is 12.1 Å². The minimum Gasteiger partial charge on any atom is -0.300 e. The van der Waals surface area contributed by atoms with E-state index in [-0.39, 0.29) is 23.4 Å². The molecule has 0 spiro atoms. The largest absolute Gasteiger partial charge is 0.300 e. The number of aryl methyl sites for hydroxylation is 1. The Morgan fingerprint density at radius 2 is 1.83 bits per heavy atom. The van der Waals surface area contributed by atoms with Gasteiger partial charge in [-0.3, -0.25) is 9.59 Å². The van der Waals surface area contributed by atoms with E-state index >= 15 is 0 Å². The Hall–Kier alpha value is -3.11. The van der Waals surface area contributed by atoms with Crippen molar-refractivity contribution in [1.29, 1.82) is 0 Å². The van der Waals surface area contributed by atoms with E-state index in [1.807, 2.05) is 31.2 Å². The number of hydrogen-bond donors (Lipinski definition) is 1. The molecule has 3 aromatic rings. The zero-order valence-corrected chi connectivity index (χ0v) is 17.0. The van der Waals surface area contributed by atoms with Crippen LogP contribution in [0.1, 0.15) is 22.3 Å². The highest BCUT2D eigenvalue weighted by molar-refractivity contribution is 7.90. The predicted molar refractivity (Wildman–Crippen MR) is 108 cm³/mol. The van der Waals surface area contributed by atoms with Gasteiger partial charge in [0.25, 0.3) is 15.9 Å². The molecule has 29 heavy (non-hydrogen) atoms. The van der Waals surface area contributed by atoms with Gasteiger partial charge in [-0.2, -0.15) is 0 Å². The molecule has 0 saturated carbocycles. The van der Waals surface area contributed by atoms with Gasteiger partial charge in [0.05, 0.1) is 5.56 Å². The zero-order chi connectivity index (χ0) is 20.6. The molecule has 1 aliphatic heterocycles. The third-order valence-corrected chi connectivity index (χ3v) is 7.15. The highest BCUT2D eigenvalue weighted by atomic mass is 32.2. The number of aromatic nitrogens is 2. The lowest BCUT2D eigenvalue weighted by Gasteiger charge is -2.14. The molecule has 0 saturated heterocycles. The van der Waals surface area contributed by atoms with Crippen LogP contribution in [0.4, 0.5) is 5.13 Å². The van der Waals surface area contributed by atoms with E-state index in [9.17, 15) is 18.0 Å². The number of rotatable bonds is 5. The van der Waals surface area contributed by atoms with Gasteiger partial charge in [0, 0.05) is 18.5 Å². The van der Waals surface area contributed by atoms with Crippen LogP contribution in [0, 0.1) is 6.92 Å². The van der Waals surface area contributed by atoms with Gasteiger partial charge < -0.3 is 5.32 Å². The topological polar surface area (TPSA) is 109 Å². The molecular formula is C19H16N4O4S2. The van der Waals surface area contributed by atoms with Gasteiger partial charge in [-0.05, 0) is 19.1 Å². The van der Waals surface area contributed by atoms with E-state index in [2.05, 4.69) is 15.5 Å². The average molecular weight is 428 g/mol. The van der Waals surface area contributed by atoms with Crippen molar-refractivity contribution in [2.75, 3.05) is 11.9 Å². The summed E-state index contributed by atoms with van der Waals surface area (Å²) in [6, 6.07) is 13.8. The fourth-order valence-corrected chi connectivity index (χ4v) is 5.26. The normalized spacial score (nSPS) is 14.7. The summed E-state index contributed by atoms with van der Waals surface area (Å²) in [6.07, 6.45) is -0.182. The summed E-state index contributed by atoms with van der Waals surface area (Å²) in [5.74, 6) is -1.07. The lowest BCUT2D eigenvalue weighted by molar-refractivity contribution is -0.116. The van der Waals surface area contributed by atoms with Gasteiger partial charge in [-0.1, -0.05) is 53.3 Å². The minimum absolute atomic E-state index is 0.0303. The lowest BCUT2D eigenvalue weighted by Crippen LogP contribution is -2.33. The fourth-order valence-electron chi connectivity index (χ4n) is 2.92. The summed E-state index contributed by atoms with van der Waals surface area (Å²) < 4.78 is 25.7. The maximum Gasteiger partial charge on any atom is 0.269 e. The van der Waals surface area contributed by atoms with Crippen LogP contribution < -0.4 is 5.32 Å². The number of carbonyl (C=O) groups excluding carboxylic acids is 2. The summed E-state index contributed by atoms with van der Waals surface area (Å²) in [5, 5.41) is 11.6. The summed E-state index contributed by atoms with van der Waals surface area (Å²) in [6.45, 7) is 1.74. The molecule has 0 radical (unpaired) electrons. The van der Waals surface area contributed by atoms with Crippen LogP contribution in [0.2, 0.25) is 0 Å². The van der Waals surface area contributed by atoms with Crippen molar-refractivity contribution in [1.82, 2.24) is 14.5 Å². The van der Waals surface area contributed by atoms with Gasteiger partial charge in [0.2, 0.25) is 11.0 Å². The highest BCUT2D eigenvalue weighted by Gasteiger charge is 2.40. The van der Waals surface area contributed by atoms with Gasteiger partial charge >= 0.3 is 0 Å². The number of benzene rings is 2. The molecule has 1 aliphatic rings. The Morgan fingerprint density at radius 3 is 2.55 bits per heavy atom. The molecule has 0 aliphatic carbocycles. The van der Waals surface area contributed by atoms with Crippen LogP contribution in [-0.2, 0) is 14.8 Å². The third kappa shape index (κ3) is 3.64. The van der Waals surface area contributed by atoms with Crippen LogP contribution in [0.15, 0.2) is 53.4 Å². The standard InChI is InChI=1S/C19H16N4O4S2/c1-12-6-8-13(9-7-12)17-21-22-19(28-17)20-16(24)10-11-23-18(25)14-4-2-3-5-15(14)29(23,26)27/h2-9H,10-11H2,1H3,(H,20,22,24). The van der Waals surface area contributed by atoms with Crippen molar-refractivity contribution >= 4 is 38.3 Å². The molecule has 148 valence electrons. The van der Waals surface area contributed by atoms with Crippen LogP contribution in [-0.4, -0.2) is 41.3 Å². The Bertz CT molecular complexity index is 1200. The number of nitrogens with zero attached hydrogens (tertiary/aromatic N) is 3. The molecule has 2 heterocycles. The number of nitrogens with one attached hydrogen (secondary N) is 1. The van der Waals surface area contributed by atoms with E-state index in [0.29, 0.717) is 10.1 Å². The molecule has 1 aromatic heterocycles. The first kappa shape index (κ1) is 19.2. The second kappa shape index (κ2) is 7.37. The summed E-state index contributed by atoms with van der Waals surface area (Å²) in [5.41, 5.74) is 2.14. The maximum atomic E-state index is 12.5. The maximum absolute atomic E-state index is 12.5. The summed E-state index contributed by atoms with van der Waals surface area (Å²) in [7, 11) is -3.92. The van der Waals surface area contributed by atoms with Gasteiger partial charge in [-0.25, -0.2) is 12.7 Å². The smallest absolute Gasteiger partial charge is 0.269 e. The number of sulfonamides is 1. The second-order valence-electron chi connectivity index (χ2n) is 6.46. The minimum atomic E-state index is -3.92. The Kier molecular flexibility index (Phi) is 4.89.